The molecule has 2 rings (SSSR count). The van der Waals surface area contributed by atoms with Crippen molar-refractivity contribution in [1.29, 1.82) is 0 Å². The van der Waals surface area contributed by atoms with Gasteiger partial charge in [0.1, 0.15) is 12.0 Å². The molecule has 2 aromatic heterocycles. The Kier molecular flexibility index (Phi) is 1.81. The van der Waals surface area contributed by atoms with E-state index in [4.69, 9.17) is 0 Å². The Bertz CT molecular complexity index is 447. The summed E-state index contributed by atoms with van der Waals surface area (Å²) in [7, 11) is 0. The fraction of sp³-hybridized carbons (Fsp3) is 0.222. The molecule has 2 heterocycles. The highest BCUT2D eigenvalue weighted by atomic mass is 16.1. The Balaban J connectivity index is 2.54. The molecule has 0 aromatic carbocycles. The second-order valence-corrected chi connectivity index (χ2v) is 2.76. The Morgan fingerprint density at radius 2 is 2.38 bits per heavy atom. The molecule has 0 atom stereocenters. The highest BCUT2D eigenvalue weighted by molar-refractivity contribution is 5.93. The molecule has 0 fully saturated rings. The van der Waals surface area contributed by atoms with E-state index in [1.54, 1.807) is 23.1 Å². The Hall–Kier alpha value is -1.71. The Morgan fingerprint density at radius 3 is 3.15 bits per heavy atom. The number of aromatic nitrogens is 3. The first-order valence-electron chi connectivity index (χ1n) is 4.14. The molecule has 0 aliphatic carbocycles. The van der Waals surface area contributed by atoms with Crippen LogP contribution in [0.1, 0.15) is 23.8 Å². The number of hydrogen-bond acceptors (Lipinski definition) is 3. The number of ketones is 1. The number of fused-ring (bicyclic) bond motifs is 1. The molecule has 0 N–H and O–H groups in total. The summed E-state index contributed by atoms with van der Waals surface area (Å²) in [5, 5.41) is 4.11. The van der Waals surface area contributed by atoms with Gasteiger partial charge in [0.05, 0.1) is 11.7 Å². The third-order valence-electron chi connectivity index (χ3n) is 1.88. The van der Waals surface area contributed by atoms with Crippen molar-refractivity contribution in [2.75, 3.05) is 0 Å². The van der Waals surface area contributed by atoms with Gasteiger partial charge in [-0.3, -0.25) is 4.79 Å². The molecule has 66 valence electrons. The van der Waals surface area contributed by atoms with Gasteiger partial charge in [-0.25, -0.2) is 9.50 Å². The fourth-order valence-corrected chi connectivity index (χ4v) is 1.15. The summed E-state index contributed by atoms with van der Waals surface area (Å²) in [4.78, 5) is 15.2. The Labute approximate surface area is 75.2 Å². The van der Waals surface area contributed by atoms with Crippen molar-refractivity contribution in [3.63, 3.8) is 0 Å². The summed E-state index contributed by atoms with van der Waals surface area (Å²) in [6.07, 6.45) is 3.77. The SMILES string of the molecule is CCC(=O)c1ccc2cncn2n1. The van der Waals surface area contributed by atoms with E-state index in [0.29, 0.717) is 12.1 Å². The van der Waals surface area contributed by atoms with Crippen LogP contribution in [0.15, 0.2) is 24.7 Å². The molecule has 0 saturated heterocycles. The molecule has 0 unspecified atom stereocenters. The molecule has 0 aliphatic heterocycles. The minimum Gasteiger partial charge on any atom is -0.292 e. The number of hydrogen-bond donors (Lipinski definition) is 0. The van der Waals surface area contributed by atoms with Crippen molar-refractivity contribution >= 4 is 11.3 Å². The van der Waals surface area contributed by atoms with Crippen LogP contribution in [-0.2, 0) is 0 Å². The molecular weight excluding hydrogens is 166 g/mol. The average molecular weight is 175 g/mol. The summed E-state index contributed by atoms with van der Waals surface area (Å²) < 4.78 is 1.60. The number of carbonyl (C=O) groups is 1. The van der Waals surface area contributed by atoms with Crippen LogP contribution in [0.2, 0.25) is 0 Å². The molecule has 13 heavy (non-hydrogen) atoms. The first-order chi connectivity index (χ1) is 6.31. The maximum Gasteiger partial charge on any atom is 0.182 e. The zero-order valence-electron chi connectivity index (χ0n) is 7.27. The van der Waals surface area contributed by atoms with Gasteiger partial charge in [-0.05, 0) is 12.1 Å². The smallest absolute Gasteiger partial charge is 0.182 e. The topological polar surface area (TPSA) is 47.3 Å². The molecule has 0 amide bonds. The van der Waals surface area contributed by atoms with Gasteiger partial charge in [0.15, 0.2) is 5.78 Å². The Morgan fingerprint density at radius 1 is 1.54 bits per heavy atom. The highest BCUT2D eigenvalue weighted by Gasteiger charge is 2.05. The first kappa shape index (κ1) is 7.91. The third kappa shape index (κ3) is 1.30. The summed E-state index contributed by atoms with van der Waals surface area (Å²) in [6, 6.07) is 3.56. The van der Waals surface area contributed by atoms with E-state index in [1.807, 2.05) is 13.0 Å². The fourth-order valence-electron chi connectivity index (χ4n) is 1.15. The van der Waals surface area contributed by atoms with Crippen molar-refractivity contribution in [3.05, 3.63) is 30.4 Å². The lowest BCUT2D eigenvalue weighted by Crippen LogP contribution is -2.03. The zero-order valence-corrected chi connectivity index (χ0v) is 7.27. The quantitative estimate of drug-likeness (QED) is 0.647. The van der Waals surface area contributed by atoms with Gasteiger partial charge < -0.3 is 0 Å². The van der Waals surface area contributed by atoms with Crippen molar-refractivity contribution in [2.24, 2.45) is 0 Å². The summed E-state index contributed by atoms with van der Waals surface area (Å²) in [5.41, 5.74) is 1.39. The van der Waals surface area contributed by atoms with E-state index in [2.05, 4.69) is 10.1 Å². The molecule has 0 saturated carbocycles. The number of Topliss-reactive ketones (excluding diaryl/α,β-unsaturated/α-hetero) is 1. The van der Waals surface area contributed by atoms with Gasteiger partial charge in [0.25, 0.3) is 0 Å². The summed E-state index contributed by atoms with van der Waals surface area (Å²) >= 11 is 0. The van der Waals surface area contributed by atoms with Crippen LogP contribution < -0.4 is 0 Å². The van der Waals surface area contributed by atoms with Crippen LogP contribution >= 0.6 is 0 Å². The lowest BCUT2D eigenvalue weighted by Gasteiger charge is -1.97. The predicted octanol–water partition coefficient (Wildman–Crippen LogP) is 1.32. The van der Waals surface area contributed by atoms with Gasteiger partial charge >= 0.3 is 0 Å². The average Bonchev–Trinajstić information content (AvgIpc) is 2.63. The van der Waals surface area contributed by atoms with E-state index < -0.39 is 0 Å². The van der Waals surface area contributed by atoms with E-state index in [0.717, 1.165) is 5.52 Å². The lowest BCUT2D eigenvalue weighted by atomic mass is 10.2. The van der Waals surface area contributed by atoms with Crippen molar-refractivity contribution in [1.82, 2.24) is 14.6 Å². The van der Waals surface area contributed by atoms with Gasteiger partial charge in [-0.2, -0.15) is 5.10 Å². The van der Waals surface area contributed by atoms with Gasteiger partial charge in [0, 0.05) is 6.42 Å². The van der Waals surface area contributed by atoms with Gasteiger partial charge in [0.2, 0.25) is 0 Å². The first-order valence-corrected chi connectivity index (χ1v) is 4.14. The van der Waals surface area contributed by atoms with Crippen LogP contribution in [0.25, 0.3) is 5.52 Å². The zero-order chi connectivity index (χ0) is 9.26. The number of rotatable bonds is 2. The molecule has 0 bridgehead atoms. The number of imidazole rings is 1. The third-order valence-corrected chi connectivity index (χ3v) is 1.88. The van der Waals surface area contributed by atoms with Crippen LogP contribution in [0.3, 0.4) is 0 Å². The van der Waals surface area contributed by atoms with E-state index in [1.165, 1.54) is 0 Å². The predicted molar refractivity (Wildman–Crippen MR) is 47.6 cm³/mol. The van der Waals surface area contributed by atoms with Crippen LogP contribution in [0.5, 0.6) is 0 Å². The van der Waals surface area contributed by atoms with Crippen molar-refractivity contribution < 1.29 is 4.79 Å². The number of carbonyl (C=O) groups excluding carboxylic acids is 1. The molecule has 0 spiro atoms. The van der Waals surface area contributed by atoms with Crippen molar-refractivity contribution in [2.45, 2.75) is 13.3 Å². The molecule has 4 nitrogen and oxygen atoms in total. The minimum atomic E-state index is 0.0515. The second-order valence-electron chi connectivity index (χ2n) is 2.76. The second kappa shape index (κ2) is 2.97. The minimum absolute atomic E-state index is 0.0515. The summed E-state index contributed by atoms with van der Waals surface area (Å²) in [6.45, 7) is 1.82. The lowest BCUT2D eigenvalue weighted by molar-refractivity contribution is 0.0982. The molecule has 2 aromatic rings. The molecular formula is C9H9N3O. The van der Waals surface area contributed by atoms with Gasteiger partial charge in [-0.1, -0.05) is 6.92 Å². The number of nitrogens with zero attached hydrogens (tertiary/aromatic N) is 3. The van der Waals surface area contributed by atoms with Crippen LogP contribution in [0, 0.1) is 0 Å². The van der Waals surface area contributed by atoms with Crippen LogP contribution in [0.4, 0.5) is 0 Å². The maximum absolute atomic E-state index is 11.3. The molecule has 4 heteroatoms. The molecule has 0 radical (unpaired) electrons. The van der Waals surface area contributed by atoms with Crippen molar-refractivity contribution in [3.8, 4) is 0 Å². The standard InChI is InChI=1S/C9H9N3O/c1-2-9(13)8-4-3-7-5-10-6-12(7)11-8/h3-6H,2H2,1H3. The van der Waals surface area contributed by atoms with E-state index >= 15 is 0 Å². The normalized spacial score (nSPS) is 10.5. The molecule has 0 aliphatic rings. The monoisotopic (exact) mass is 175 g/mol. The van der Waals surface area contributed by atoms with Crippen LogP contribution in [-0.4, -0.2) is 20.4 Å². The van der Waals surface area contributed by atoms with Gasteiger partial charge in [-0.15, -0.1) is 0 Å². The van der Waals surface area contributed by atoms with E-state index in [-0.39, 0.29) is 5.78 Å². The maximum atomic E-state index is 11.3. The van der Waals surface area contributed by atoms with E-state index in [9.17, 15) is 4.79 Å². The summed E-state index contributed by atoms with van der Waals surface area (Å²) in [5.74, 6) is 0.0515. The highest BCUT2D eigenvalue weighted by Crippen LogP contribution is 2.03. The largest absolute Gasteiger partial charge is 0.292 e.